The highest BCUT2D eigenvalue weighted by atomic mass is 35.5. The molecule has 122 valence electrons. The molecule has 2 aromatic carbocycles. The van der Waals surface area contributed by atoms with E-state index in [9.17, 15) is 13.2 Å². The van der Waals surface area contributed by atoms with E-state index in [0.717, 1.165) is 49.3 Å². The molecule has 0 aromatic heterocycles. The Hall–Kier alpha value is -1.48. The second-order valence-corrected chi connectivity index (χ2v) is 6.83. The van der Waals surface area contributed by atoms with Gasteiger partial charge in [-0.2, -0.15) is 0 Å². The summed E-state index contributed by atoms with van der Waals surface area (Å²) >= 11 is 5.47. The van der Waals surface area contributed by atoms with Gasteiger partial charge in [-0.3, -0.25) is 0 Å². The van der Waals surface area contributed by atoms with Gasteiger partial charge in [0.1, 0.15) is 22.5 Å². The molecule has 0 amide bonds. The number of hydrogen-bond donors (Lipinski definition) is 0. The smallest absolute Gasteiger partial charge is 0.145 e. The maximum atomic E-state index is 14.5. The Morgan fingerprint density at radius 1 is 0.870 bits per heavy atom. The minimum absolute atomic E-state index is 0.158. The average molecular weight is 339 g/mol. The van der Waals surface area contributed by atoms with E-state index in [-0.39, 0.29) is 11.1 Å². The third-order valence-electron chi connectivity index (χ3n) is 4.78. The normalized spacial score (nSPS) is 21.4. The van der Waals surface area contributed by atoms with Crippen molar-refractivity contribution < 1.29 is 13.2 Å². The van der Waals surface area contributed by atoms with Crippen molar-refractivity contribution in [1.29, 1.82) is 0 Å². The first-order valence-corrected chi connectivity index (χ1v) is 8.28. The molecule has 0 unspecified atom stereocenters. The van der Waals surface area contributed by atoms with E-state index < -0.39 is 22.5 Å². The molecule has 0 atom stereocenters. The molecule has 0 aliphatic heterocycles. The Kier molecular flexibility index (Phi) is 4.67. The van der Waals surface area contributed by atoms with E-state index in [0.29, 0.717) is 5.92 Å². The second kappa shape index (κ2) is 6.56. The van der Waals surface area contributed by atoms with Gasteiger partial charge >= 0.3 is 0 Å². The highest BCUT2D eigenvalue weighted by molar-refractivity contribution is 6.31. The molecule has 0 N–H and O–H groups in total. The van der Waals surface area contributed by atoms with Crippen molar-refractivity contribution in [2.45, 2.75) is 38.5 Å². The fraction of sp³-hybridized carbons (Fsp3) is 0.368. The number of hydrogen-bond acceptors (Lipinski definition) is 0. The number of benzene rings is 2. The summed E-state index contributed by atoms with van der Waals surface area (Å²) < 4.78 is 41.6. The maximum absolute atomic E-state index is 14.5. The van der Waals surface area contributed by atoms with Crippen LogP contribution in [0.25, 0.3) is 11.1 Å². The van der Waals surface area contributed by atoms with E-state index in [1.54, 1.807) is 6.07 Å². The van der Waals surface area contributed by atoms with Crippen LogP contribution in [0.4, 0.5) is 13.2 Å². The molecule has 1 aliphatic rings. The fourth-order valence-corrected chi connectivity index (χ4v) is 3.43. The molecule has 3 rings (SSSR count). The molecule has 4 heteroatoms. The molecule has 1 saturated carbocycles. The summed E-state index contributed by atoms with van der Waals surface area (Å²) in [5.74, 6) is -1.12. The summed E-state index contributed by atoms with van der Waals surface area (Å²) in [6, 6.07) is 7.09. The first-order chi connectivity index (χ1) is 11.0. The Morgan fingerprint density at radius 2 is 1.48 bits per heavy atom. The predicted octanol–water partition coefficient (Wildman–Crippen LogP) is 6.72. The molecule has 0 heterocycles. The van der Waals surface area contributed by atoms with Crippen LogP contribution in [0.3, 0.4) is 0 Å². The van der Waals surface area contributed by atoms with Gasteiger partial charge in [-0.15, -0.1) is 0 Å². The molecule has 0 spiro atoms. The summed E-state index contributed by atoms with van der Waals surface area (Å²) in [5, 5.41) is -0.567. The van der Waals surface area contributed by atoms with Crippen LogP contribution in [-0.4, -0.2) is 0 Å². The minimum atomic E-state index is -0.883. The lowest BCUT2D eigenvalue weighted by Crippen LogP contribution is -2.11. The topological polar surface area (TPSA) is 0 Å². The largest absolute Gasteiger partial charge is 0.206 e. The Balaban J connectivity index is 1.91. The maximum Gasteiger partial charge on any atom is 0.145 e. The van der Waals surface area contributed by atoms with Crippen molar-refractivity contribution >= 4 is 11.6 Å². The van der Waals surface area contributed by atoms with Crippen molar-refractivity contribution in [2.24, 2.45) is 5.92 Å². The van der Waals surface area contributed by atoms with Crippen LogP contribution in [0.5, 0.6) is 0 Å². The highest BCUT2D eigenvalue weighted by Gasteiger charge is 2.21. The van der Waals surface area contributed by atoms with Crippen LogP contribution in [-0.2, 0) is 0 Å². The predicted molar refractivity (Wildman–Crippen MR) is 87.1 cm³/mol. The van der Waals surface area contributed by atoms with Gasteiger partial charge in [-0.05, 0) is 54.0 Å². The molecular weight excluding hydrogens is 321 g/mol. The zero-order valence-corrected chi connectivity index (χ0v) is 13.6. The quantitative estimate of drug-likeness (QED) is 0.533. The average Bonchev–Trinajstić information content (AvgIpc) is 2.53. The molecule has 0 bridgehead atoms. The summed E-state index contributed by atoms with van der Waals surface area (Å²) in [4.78, 5) is 0. The van der Waals surface area contributed by atoms with Crippen LogP contribution in [0, 0.1) is 23.4 Å². The third kappa shape index (κ3) is 3.40. The lowest BCUT2D eigenvalue weighted by molar-refractivity contribution is 0.347. The van der Waals surface area contributed by atoms with Gasteiger partial charge in [0.25, 0.3) is 0 Å². The monoisotopic (exact) mass is 338 g/mol. The van der Waals surface area contributed by atoms with E-state index in [2.05, 4.69) is 6.92 Å². The van der Waals surface area contributed by atoms with Crippen LogP contribution >= 0.6 is 11.6 Å². The van der Waals surface area contributed by atoms with E-state index in [1.165, 1.54) is 6.07 Å². The van der Waals surface area contributed by atoms with Crippen LogP contribution in [0.1, 0.15) is 44.1 Å². The summed E-state index contributed by atoms with van der Waals surface area (Å²) in [5.41, 5.74) is 1.31. The van der Waals surface area contributed by atoms with E-state index in [4.69, 9.17) is 11.6 Å². The molecule has 2 aromatic rings. The SMILES string of the molecule is CC1CCC(c2ccc(-c3cc(F)c(Cl)c(F)c3)c(F)c2)CC1. The molecule has 0 saturated heterocycles. The lowest BCUT2D eigenvalue weighted by atomic mass is 9.79. The molecule has 1 aliphatic carbocycles. The third-order valence-corrected chi connectivity index (χ3v) is 5.14. The highest BCUT2D eigenvalue weighted by Crippen LogP contribution is 2.37. The zero-order chi connectivity index (χ0) is 16.6. The van der Waals surface area contributed by atoms with Gasteiger partial charge in [0, 0.05) is 5.56 Å². The van der Waals surface area contributed by atoms with Gasteiger partial charge in [-0.1, -0.05) is 43.5 Å². The molecular formula is C19H18ClF3. The van der Waals surface area contributed by atoms with Crippen LogP contribution in [0.15, 0.2) is 30.3 Å². The Morgan fingerprint density at radius 3 is 2.04 bits per heavy atom. The van der Waals surface area contributed by atoms with E-state index in [1.807, 2.05) is 6.07 Å². The molecule has 0 radical (unpaired) electrons. The summed E-state index contributed by atoms with van der Waals surface area (Å²) in [6.07, 6.45) is 4.43. The molecule has 1 fully saturated rings. The van der Waals surface area contributed by atoms with E-state index >= 15 is 0 Å². The summed E-state index contributed by atoms with van der Waals surface area (Å²) in [6.45, 7) is 2.24. The van der Waals surface area contributed by atoms with Gasteiger partial charge in [-0.25, -0.2) is 13.2 Å². The first kappa shape index (κ1) is 16.4. The van der Waals surface area contributed by atoms with Gasteiger partial charge in [0.05, 0.1) is 0 Å². The zero-order valence-electron chi connectivity index (χ0n) is 12.9. The van der Waals surface area contributed by atoms with Crippen molar-refractivity contribution in [3.63, 3.8) is 0 Å². The van der Waals surface area contributed by atoms with Crippen molar-refractivity contribution in [2.75, 3.05) is 0 Å². The van der Waals surface area contributed by atoms with Gasteiger partial charge < -0.3 is 0 Å². The Labute approximate surface area is 139 Å². The molecule has 23 heavy (non-hydrogen) atoms. The van der Waals surface area contributed by atoms with Crippen molar-refractivity contribution in [3.8, 4) is 11.1 Å². The number of halogens is 4. The Bertz CT molecular complexity index is 696. The van der Waals surface area contributed by atoms with Crippen LogP contribution < -0.4 is 0 Å². The van der Waals surface area contributed by atoms with Crippen molar-refractivity contribution in [1.82, 2.24) is 0 Å². The summed E-state index contributed by atoms with van der Waals surface area (Å²) in [7, 11) is 0. The first-order valence-electron chi connectivity index (χ1n) is 7.90. The van der Waals surface area contributed by atoms with Gasteiger partial charge in [0.2, 0.25) is 0 Å². The minimum Gasteiger partial charge on any atom is -0.206 e. The fourth-order valence-electron chi connectivity index (χ4n) is 3.32. The van der Waals surface area contributed by atoms with Gasteiger partial charge in [0.15, 0.2) is 0 Å². The standard InChI is InChI=1S/C19H18ClF3/c1-11-2-4-12(5-3-11)13-6-7-15(16(21)8-13)14-9-17(22)19(20)18(23)10-14/h6-12H,2-5H2,1H3. The molecule has 0 nitrogen and oxygen atoms in total. The number of rotatable bonds is 2. The second-order valence-electron chi connectivity index (χ2n) is 6.45. The van der Waals surface area contributed by atoms with Crippen LogP contribution in [0.2, 0.25) is 5.02 Å². The lowest BCUT2D eigenvalue weighted by Gasteiger charge is -2.26. The van der Waals surface area contributed by atoms with Crippen molar-refractivity contribution in [3.05, 3.63) is 58.4 Å².